The number of carbonyl (C=O) groups excluding carboxylic acids is 2. The second-order valence-electron chi connectivity index (χ2n) is 8.39. The fraction of sp³-hybridized carbons (Fsp3) is 0.333. The van der Waals surface area contributed by atoms with Gasteiger partial charge in [-0.3, -0.25) is 14.5 Å². The molecule has 1 aromatic heterocycles. The van der Waals surface area contributed by atoms with E-state index in [9.17, 15) is 9.59 Å². The van der Waals surface area contributed by atoms with Gasteiger partial charge in [-0.2, -0.15) is 0 Å². The van der Waals surface area contributed by atoms with Gasteiger partial charge in [0.2, 0.25) is 11.8 Å². The molecule has 0 bridgehead atoms. The molecule has 32 heavy (non-hydrogen) atoms. The lowest BCUT2D eigenvalue weighted by molar-refractivity contribution is -0.135. The largest absolute Gasteiger partial charge is 0.333 e. The van der Waals surface area contributed by atoms with E-state index < -0.39 is 0 Å². The number of carbonyl (C=O) groups is 2. The van der Waals surface area contributed by atoms with E-state index in [0.717, 1.165) is 35.5 Å². The van der Waals surface area contributed by atoms with Gasteiger partial charge in [0, 0.05) is 19.2 Å². The molecule has 1 unspecified atom stereocenters. The second-order valence-corrected chi connectivity index (χ2v) is 8.39. The van der Waals surface area contributed by atoms with Gasteiger partial charge >= 0.3 is 0 Å². The van der Waals surface area contributed by atoms with Crippen molar-refractivity contribution in [2.75, 3.05) is 18.0 Å². The molecule has 1 aliphatic heterocycles. The summed E-state index contributed by atoms with van der Waals surface area (Å²) < 4.78 is 2.16. The molecule has 0 N–H and O–H groups in total. The molecule has 0 aliphatic carbocycles. The number of rotatable bonds is 7. The lowest BCUT2D eigenvalue weighted by atomic mass is 9.97. The van der Waals surface area contributed by atoms with E-state index in [1.54, 1.807) is 4.90 Å². The summed E-state index contributed by atoms with van der Waals surface area (Å²) in [5.41, 5.74) is 5.12. The van der Waals surface area contributed by atoms with Crippen LogP contribution in [0.2, 0.25) is 0 Å². The number of amides is 2. The van der Waals surface area contributed by atoms with Crippen LogP contribution < -0.4 is 4.90 Å². The number of benzene rings is 2. The number of anilines is 1. The summed E-state index contributed by atoms with van der Waals surface area (Å²) in [4.78, 5) is 30.0. The zero-order valence-corrected chi connectivity index (χ0v) is 19.1. The van der Waals surface area contributed by atoms with Crippen LogP contribution in [-0.4, -0.2) is 34.4 Å². The van der Waals surface area contributed by atoms with E-state index in [-0.39, 0.29) is 24.4 Å². The average molecular weight is 430 g/mol. The van der Waals surface area contributed by atoms with Crippen LogP contribution in [0.4, 0.5) is 5.69 Å². The maximum absolute atomic E-state index is 13.9. The van der Waals surface area contributed by atoms with E-state index in [1.165, 1.54) is 5.56 Å². The van der Waals surface area contributed by atoms with Gasteiger partial charge < -0.3 is 9.47 Å². The first-order valence-electron chi connectivity index (χ1n) is 11.5. The van der Waals surface area contributed by atoms with Crippen LogP contribution in [0, 0.1) is 6.92 Å². The molecular formula is C27H31N3O2. The third kappa shape index (κ3) is 4.07. The molecule has 4 rings (SSSR count). The van der Waals surface area contributed by atoms with Gasteiger partial charge in [0.1, 0.15) is 12.6 Å². The number of unbranched alkanes of at least 4 members (excludes halogenated alkanes) is 1. The van der Waals surface area contributed by atoms with Gasteiger partial charge in [0.05, 0.1) is 17.1 Å². The van der Waals surface area contributed by atoms with Crippen molar-refractivity contribution in [2.24, 2.45) is 0 Å². The number of aryl methyl sites for hydroxylation is 1. The van der Waals surface area contributed by atoms with Crippen molar-refractivity contribution in [1.82, 2.24) is 9.47 Å². The summed E-state index contributed by atoms with van der Waals surface area (Å²) >= 11 is 0. The number of aromatic nitrogens is 1. The van der Waals surface area contributed by atoms with E-state index in [0.29, 0.717) is 13.0 Å². The molecule has 0 fully saturated rings. The molecule has 0 saturated carbocycles. The van der Waals surface area contributed by atoms with E-state index >= 15 is 0 Å². The SMILES string of the molecule is CCCCN(CC(=O)N1c2ccccc2-n2cccc2C1c1ccc(C)cc1)C(=O)CC. The summed E-state index contributed by atoms with van der Waals surface area (Å²) in [6.45, 7) is 6.70. The molecule has 3 aromatic rings. The highest BCUT2D eigenvalue weighted by molar-refractivity contribution is 6.00. The third-order valence-corrected chi connectivity index (χ3v) is 6.14. The zero-order chi connectivity index (χ0) is 22.7. The quantitative estimate of drug-likeness (QED) is 0.514. The predicted octanol–water partition coefficient (Wildman–Crippen LogP) is 5.26. The molecule has 0 saturated heterocycles. The van der Waals surface area contributed by atoms with Crippen molar-refractivity contribution in [1.29, 1.82) is 0 Å². The number of hydrogen-bond donors (Lipinski definition) is 0. The maximum atomic E-state index is 13.9. The molecule has 2 aromatic carbocycles. The van der Waals surface area contributed by atoms with Gasteiger partial charge in [-0.1, -0.05) is 62.2 Å². The summed E-state index contributed by atoms with van der Waals surface area (Å²) in [7, 11) is 0. The van der Waals surface area contributed by atoms with Crippen molar-refractivity contribution in [3.05, 3.63) is 83.7 Å². The first-order chi connectivity index (χ1) is 15.5. The molecule has 2 heterocycles. The van der Waals surface area contributed by atoms with Crippen LogP contribution in [-0.2, 0) is 9.59 Å². The summed E-state index contributed by atoms with van der Waals surface area (Å²) in [5.74, 6) is -0.0410. The molecule has 5 nitrogen and oxygen atoms in total. The van der Waals surface area contributed by atoms with Gasteiger partial charge in [0.15, 0.2) is 0 Å². The Labute approximate surface area is 190 Å². The van der Waals surface area contributed by atoms with Crippen molar-refractivity contribution in [3.63, 3.8) is 0 Å². The normalized spacial score (nSPS) is 14.6. The Kier molecular flexibility index (Phi) is 6.45. The second kappa shape index (κ2) is 9.43. The monoisotopic (exact) mass is 429 g/mol. The van der Waals surface area contributed by atoms with Gasteiger partial charge in [-0.05, 0) is 43.2 Å². The Morgan fingerprint density at radius 1 is 0.938 bits per heavy atom. The molecule has 1 atom stereocenters. The number of fused-ring (bicyclic) bond motifs is 3. The molecule has 2 amide bonds. The van der Waals surface area contributed by atoms with Gasteiger partial charge in [-0.25, -0.2) is 0 Å². The Hall–Kier alpha value is -3.34. The Morgan fingerprint density at radius 2 is 1.66 bits per heavy atom. The minimum Gasteiger partial charge on any atom is -0.333 e. The molecule has 0 radical (unpaired) electrons. The van der Waals surface area contributed by atoms with Crippen LogP contribution in [0.25, 0.3) is 5.69 Å². The van der Waals surface area contributed by atoms with Gasteiger partial charge in [0.25, 0.3) is 0 Å². The molecule has 166 valence electrons. The van der Waals surface area contributed by atoms with E-state index in [4.69, 9.17) is 0 Å². The zero-order valence-electron chi connectivity index (χ0n) is 19.1. The van der Waals surface area contributed by atoms with Crippen molar-refractivity contribution < 1.29 is 9.59 Å². The highest BCUT2D eigenvalue weighted by atomic mass is 16.2. The van der Waals surface area contributed by atoms with Crippen LogP contribution in [0.1, 0.15) is 56.0 Å². The first kappa shape index (κ1) is 21.9. The van der Waals surface area contributed by atoms with Crippen molar-refractivity contribution in [2.45, 2.75) is 46.1 Å². The molecule has 0 spiro atoms. The van der Waals surface area contributed by atoms with E-state index in [1.807, 2.05) is 48.4 Å². The van der Waals surface area contributed by atoms with E-state index in [2.05, 4.69) is 48.7 Å². The van der Waals surface area contributed by atoms with Crippen LogP contribution in [0.5, 0.6) is 0 Å². The molecule has 5 heteroatoms. The fourth-order valence-corrected chi connectivity index (χ4v) is 4.43. The topological polar surface area (TPSA) is 45.6 Å². The Bertz CT molecular complexity index is 1100. The van der Waals surface area contributed by atoms with Crippen LogP contribution in [0.15, 0.2) is 66.9 Å². The fourth-order valence-electron chi connectivity index (χ4n) is 4.43. The standard InChI is InChI=1S/C27H31N3O2/c1-4-6-17-28(25(31)5-2)19-26(32)30-23-11-8-7-10-22(23)29-18-9-12-24(29)27(30)21-15-13-20(3)14-16-21/h7-16,18,27H,4-6,17,19H2,1-3H3. The Balaban J connectivity index is 1.78. The van der Waals surface area contributed by atoms with Gasteiger partial charge in [-0.15, -0.1) is 0 Å². The lowest BCUT2D eigenvalue weighted by Gasteiger charge is -2.39. The highest BCUT2D eigenvalue weighted by Gasteiger charge is 2.36. The predicted molar refractivity (Wildman–Crippen MR) is 128 cm³/mol. The van der Waals surface area contributed by atoms with Crippen LogP contribution in [0.3, 0.4) is 0 Å². The van der Waals surface area contributed by atoms with Crippen LogP contribution >= 0.6 is 0 Å². The van der Waals surface area contributed by atoms with Crippen molar-refractivity contribution in [3.8, 4) is 5.69 Å². The number of para-hydroxylation sites is 2. The Morgan fingerprint density at radius 3 is 2.34 bits per heavy atom. The first-order valence-corrected chi connectivity index (χ1v) is 11.5. The average Bonchev–Trinajstić information content (AvgIpc) is 3.31. The molecule has 1 aliphatic rings. The minimum absolute atomic E-state index is 0.0207. The summed E-state index contributed by atoms with van der Waals surface area (Å²) in [5, 5.41) is 0. The van der Waals surface area contributed by atoms with Crippen molar-refractivity contribution >= 4 is 17.5 Å². The minimum atomic E-state index is -0.252. The third-order valence-electron chi connectivity index (χ3n) is 6.14. The molecular weight excluding hydrogens is 398 g/mol. The summed E-state index contributed by atoms with van der Waals surface area (Å²) in [6.07, 6.45) is 4.32. The smallest absolute Gasteiger partial charge is 0.247 e. The number of hydrogen-bond acceptors (Lipinski definition) is 2. The lowest BCUT2D eigenvalue weighted by Crippen LogP contribution is -2.46. The highest BCUT2D eigenvalue weighted by Crippen LogP contribution is 2.42. The maximum Gasteiger partial charge on any atom is 0.247 e. The number of nitrogens with zero attached hydrogens (tertiary/aromatic N) is 3. The summed E-state index contributed by atoms with van der Waals surface area (Å²) in [6, 6.07) is 20.2.